The molecule has 0 saturated carbocycles. The molecule has 10 rings (SSSR count). The molecule has 0 amide bonds. The van der Waals surface area contributed by atoms with Crippen LogP contribution in [-0.2, 0) is 16.2 Å². The van der Waals surface area contributed by atoms with Gasteiger partial charge in [-0.25, -0.2) is 0 Å². The number of para-hydroxylation sites is 4. The first-order valence-corrected chi connectivity index (χ1v) is 22.8. The number of rotatable bonds is 8. The van der Waals surface area contributed by atoms with Crippen LogP contribution in [0.25, 0.3) is 55.0 Å². The van der Waals surface area contributed by atoms with E-state index in [1.54, 1.807) is 106 Å². The van der Waals surface area contributed by atoms with Crippen molar-refractivity contribution in [3.05, 3.63) is 228 Å². The van der Waals surface area contributed by atoms with Crippen molar-refractivity contribution in [1.82, 2.24) is 9.13 Å². The second kappa shape index (κ2) is 17.6. The van der Waals surface area contributed by atoms with Gasteiger partial charge in [-0.1, -0.05) is 146 Å². The molecule has 0 bridgehead atoms. The topological polar surface area (TPSA) is 9.86 Å². The molecule has 396 valence electrons. The van der Waals surface area contributed by atoms with Gasteiger partial charge in [0.15, 0.2) is 0 Å². The lowest BCUT2D eigenvalue weighted by Crippen LogP contribution is -2.56. The molecule has 0 aliphatic rings. The van der Waals surface area contributed by atoms with Crippen LogP contribution in [0.1, 0.15) is 33.4 Å². The number of aromatic nitrogens is 2. The number of hydrogen-bond acceptors (Lipinski definition) is 0. The summed E-state index contributed by atoms with van der Waals surface area (Å²) < 4.78 is 280. The lowest BCUT2D eigenvalue weighted by atomic mass is 9.68. The van der Waals surface area contributed by atoms with E-state index < -0.39 is 86.7 Å². The monoisotopic (exact) mass is 1090 g/mol. The summed E-state index contributed by atoms with van der Waals surface area (Å²) in [4.78, 5) is 0. The third kappa shape index (κ3) is 7.58. The van der Waals surface area contributed by atoms with Gasteiger partial charge in [0.1, 0.15) is 0 Å². The number of hydrogen-bond donors (Lipinski definition) is 0. The minimum absolute atomic E-state index is 0.0713. The molecule has 2 aromatic heterocycles. The third-order valence-corrected chi connectivity index (χ3v) is 14.3. The molecule has 10 aromatic rings. The predicted octanol–water partition coefficient (Wildman–Crippen LogP) is 18.1. The van der Waals surface area contributed by atoms with Gasteiger partial charge in [0.25, 0.3) is 0 Å². The maximum atomic E-state index is 15.5. The Morgan fingerprint density at radius 3 is 0.519 bits per heavy atom. The average molecular weight is 1090 g/mol. The molecule has 0 spiro atoms. The molecule has 0 radical (unpaired) electrons. The van der Waals surface area contributed by atoms with Crippen LogP contribution >= 0.6 is 0 Å². The minimum atomic E-state index is -6.67. The fraction of sp³-hybridized carbons (Fsp3) is 0.158. The summed E-state index contributed by atoms with van der Waals surface area (Å²) in [6.07, 6.45) is -38.9. The Hall–Kier alpha value is -7.90. The van der Waals surface area contributed by atoms with Gasteiger partial charge < -0.3 is 9.13 Å². The molecule has 8 aromatic carbocycles. The van der Waals surface area contributed by atoms with Crippen molar-refractivity contribution in [2.45, 2.75) is 53.3 Å². The molecule has 0 N–H and O–H groups in total. The fourth-order valence-corrected chi connectivity index (χ4v) is 11.0. The average Bonchev–Trinajstić information content (AvgIpc) is 3.89. The Kier molecular flexibility index (Phi) is 12.0. The highest BCUT2D eigenvalue weighted by Gasteiger charge is 2.76. The Morgan fingerprint density at radius 2 is 0.351 bits per heavy atom. The van der Waals surface area contributed by atoms with E-state index in [1.165, 1.54) is 0 Å². The van der Waals surface area contributed by atoms with Crippen LogP contribution in [0.5, 0.6) is 0 Å². The first-order valence-electron chi connectivity index (χ1n) is 22.8. The molecular formula is C57H32F18N2. The van der Waals surface area contributed by atoms with Crippen LogP contribution in [0, 0.1) is 0 Å². The SMILES string of the molecule is FC(F)(F)C(c1ccc(-n2c3ccccc3c3ccccc32)cc1)(c1ccc(C(c2ccc(C(c3ccc(-n4c5ccccc5c5ccccc54)cc3)(C(F)(F)F)C(F)(F)F)cc2)(C(F)(F)F)C(F)(F)F)cc1)C(F)(F)F. The van der Waals surface area contributed by atoms with Crippen LogP contribution in [-0.4, -0.2) is 46.2 Å². The van der Waals surface area contributed by atoms with E-state index in [0.717, 1.165) is 24.3 Å². The normalized spacial score (nSPS) is 13.8. The second-order valence-electron chi connectivity index (χ2n) is 18.2. The van der Waals surface area contributed by atoms with Gasteiger partial charge in [-0.15, -0.1) is 0 Å². The number of alkyl halides is 18. The van der Waals surface area contributed by atoms with Gasteiger partial charge in [-0.3, -0.25) is 0 Å². The van der Waals surface area contributed by atoms with Crippen molar-refractivity contribution in [3.8, 4) is 11.4 Å². The smallest absolute Gasteiger partial charge is 0.309 e. The fourth-order valence-electron chi connectivity index (χ4n) is 11.0. The minimum Gasteiger partial charge on any atom is -0.309 e. The zero-order chi connectivity index (χ0) is 55.5. The number of nitrogens with zero attached hydrogens (tertiary/aromatic N) is 2. The molecule has 77 heavy (non-hydrogen) atoms. The van der Waals surface area contributed by atoms with Gasteiger partial charge >= 0.3 is 37.1 Å². The van der Waals surface area contributed by atoms with Gasteiger partial charge in [0, 0.05) is 32.9 Å². The lowest BCUT2D eigenvalue weighted by molar-refractivity contribution is -0.291. The zero-order valence-corrected chi connectivity index (χ0v) is 38.7. The number of fused-ring (bicyclic) bond motifs is 6. The Morgan fingerprint density at radius 1 is 0.195 bits per heavy atom. The number of benzene rings is 8. The lowest BCUT2D eigenvalue weighted by Gasteiger charge is -2.41. The van der Waals surface area contributed by atoms with Crippen molar-refractivity contribution in [1.29, 1.82) is 0 Å². The standard InChI is InChI=1S/C57H32F18N2/c58-52(59,60)49(53(61,62)63,33-17-21-35(22-18-33)50(54(64,65)66,55(67,68)69)37-25-29-39(30-26-37)76-45-13-5-1-9-41(45)42-10-2-6-14-46(42)76)34-19-23-36(24-20-34)51(56(70,71)72,57(73,74)75)38-27-31-40(32-28-38)77-47-15-7-3-11-43(47)44-12-4-8-16-48(44)77/h1-32H. The van der Waals surface area contributed by atoms with Crippen LogP contribution in [0.3, 0.4) is 0 Å². The maximum Gasteiger partial charge on any atom is 0.411 e. The summed E-state index contributed by atoms with van der Waals surface area (Å²) in [6, 6.07) is 30.2. The third-order valence-electron chi connectivity index (χ3n) is 14.3. The molecule has 2 nitrogen and oxygen atoms in total. The van der Waals surface area contributed by atoms with Crippen molar-refractivity contribution in [2.24, 2.45) is 0 Å². The van der Waals surface area contributed by atoms with E-state index in [4.69, 9.17) is 0 Å². The summed E-state index contributed by atoms with van der Waals surface area (Å²) in [5.41, 5.74) is -24.6. The van der Waals surface area contributed by atoms with Gasteiger partial charge in [0.2, 0.25) is 16.2 Å². The number of halogens is 18. The van der Waals surface area contributed by atoms with Crippen LogP contribution < -0.4 is 0 Å². The van der Waals surface area contributed by atoms with E-state index in [2.05, 4.69) is 0 Å². The van der Waals surface area contributed by atoms with Gasteiger partial charge in [-0.05, 0) is 81.9 Å². The second-order valence-corrected chi connectivity index (χ2v) is 18.2. The van der Waals surface area contributed by atoms with E-state index in [0.29, 0.717) is 67.9 Å². The van der Waals surface area contributed by atoms with Gasteiger partial charge in [0.05, 0.1) is 22.1 Å². The van der Waals surface area contributed by atoms with E-state index in [1.807, 2.05) is 0 Å². The summed E-state index contributed by atoms with van der Waals surface area (Å²) in [5, 5.41) is 2.69. The molecule has 0 aliphatic carbocycles. The highest BCUT2D eigenvalue weighted by molar-refractivity contribution is 6.10. The summed E-state index contributed by atoms with van der Waals surface area (Å²) in [7, 11) is 0. The molecule has 0 atom stereocenters. The Labute approximate surface area is 423 Å². The summed E-state index contributed by atoms with van der Waals surface area (Å²) in [5.74, 6) is 0. The van der Waals surface area contributed by atoms with E-state index in [9.17, 15) is 0 Å². The zero-order valence-electron chi connectivity index (χ0n) is 38.7. The van der Waals surface area contributed by atoms with Crippen molar-refractivity contribution >= 4 is 43.6 Å². The van der Waals surface area contributed by atoms with Crippen LogP contribution in [0.15, 0.2) is 194 Å². The Bertz CT molecular complexity index is 3430. The van der Waals surface area contributed by atoms with E-state index >= 15 is 79.0 Å². The molecule has 0 saturated heterocycles. The van der Waals surface area contributed by atoms with Crippen molar-refractivity contribution in [3.63, 3.8) is 0 Å². The first kappa shape index (κ1) is 52.5. The molecule has 0 fully saturated rings. The summed E-state index contributed by atoms with van der Waals surface area (Å²) in [6.45, 7) is 0. The summed E-state index contributed by atoms with van der Waals surface area (Å²) >= 11 is 0. The molecular weight excluding hydrogens is 1050 g/mol. The molecule has 0 unspecified atom stereocenters. The highest BCUT2D eigenvalue weighted by Crippen LogP contribution is 2.61. The quantitative estimate of drug-likeness (QED) is 0.134. The van der Waals surface area contributed by atoms with E-state index in [-0.39, 0.29) is 59.9 Å². The largest absolute Gasteiger partial charge is 0.411 e. The predicted molar refractivity (Wildman–Crippen MR) is 253 cm³/mol. The van der Waals surface area contributed by atoms with Crippen LogP contribution in [0.4, 0.5) is 79.0 Å². The molecule has 20 heteroatoms. The highest BCUT2D eigenvalue weighted by atomic mass is 19.4. The molecule has 0 aliphatic heterocycles. The molecule has 2 heterocycles. The maximum absolute atomic E-state index is 15.5. The van der Waals surface area contributed by atoms with Crippen molar-refractivity contribution < 1.29 is 79.0 Å². The van der Waals surface area contributed by atoms with Crippen molar-refractivity contribution in [2.75, 3.05) is 0 Å². The van der Waals surface area contributed by atoms with Crippen LogP contribution in [0.2, 0.25) is 0 Å². The first-order chi connectivity index (χ1) is 36.0. The van der Waals surface area contributed by atoms with Gasteiger partial charge in [-0.2, -0.15) is 79.0 Å². The Balaban J connectivity index is 1.09.